The summed E-state index contributed by atoms with van der Waals surface area (Å²) in [6, 6.07) is 21.5. The van der Waals surface area contributed by atoms with E-state index in [9.17, 15) is 5.11 Å². The number of imidazole rings is 1. The molecule has 4 aromatic rings. The highest BCUT2D eigenvalue weighted by molar-refractivity contribution is 5.69. The molecular weight excluding hydrogens is 310 g/mol. The van der Waals surface area contributed by atoms with Gasteiger partial charge in [-0.15, -0.1) is 0 Å². The first-order chi connectivity index (χ1) is 12.3. The summed E-state index contributed by atoms with van der Waals surface area (Å²) in [4.78, 5) is 4.46. The third-order valence-electron chi connectivity index (χ3n) is 4.29. The summed E-state index contributed by atoms with van der Waals surface area (Å²) in [7, 11) is 0. The molecule has 0 aliphatic heterocycles. The Balaban J connectivity index is 1.80. The standard InChI is InChI=1S/C21H15N3O/c22-11-15-1-7-18(8-2-15)20-12-23-21-10-9-19(13-24(20)21)17-5-3-16(14-25)4-6-17/h1-10,12-13,25H,14H2. The summed E-state index contributed by atoms with van der Waals surface area (Å²) in [5, 5.41) is 18.1. The van der Waals surface area contributed by atoms with Crippen LogP contribution in [0.15, 0.2) is 73.1 Å². The lowest BCUT2D eigenvalue weighted by Gasteiger charge is -2.07. The van der Waals surface area contributed by atoms with Crippen molar-refractivity contribution in [3.63, 3.8) is 0 Å². The number of aliphatic hydroxyl groups excluding tert-OH is 1. The molecule has 2 aromatic carbocycles. The number of benzene rings is 2. The van der Waals surface area contributed by atoms with Gasteiger partial charge in [0.25, 0.3) is 0 Å². The number of aromatic nitrogens is 2. The zero-order valence-corrected chi connectivity index (χ0v) is 13.4. The van der Waals surface area contributed by atoms with Crippen molar-refractivity contribution in [2.24, 2.45) is 0 Å². The molecule has 4 rings (SSSR count). The lowest BCUT2D eigenvalue weighted by atomic mass is 10.1. The van der Waals surface area contributed by atoms with Crippen LogP contribution in [0.25, 0.3) is 28.0 Å². The van der Waals surface area contributed by atoms with Crippen LogP contribution in [0.2, 0.25) is 0 Å². The van der Waals surface area contributed by atoms with Gasteiger partial charge in [0.05, 0.1) is 30.1 Å². The second kappa shape index (κ2) is 6.23. The molecule has 0 fully saturated rings. The van der Waals surface area contributed by atoms with Gasteiger partial charge in [-0.2, -0.15) is 5.26 Å². The second-order valence-corrected chi connectivity index (χ2v) is 5.83. The summed E-state index contributed by atoms with van der Waals surface area (Å²) >= 11 is 0. The molecule has 0 unspecified atom stereocenters. The Morgan fingerprint density at radius 1 is 0.880 bits per heavy atom. The molecule has 0 radical (unpaired) electrons. The number of aliphatic hydroxyl groups is 1. The van der Waals surface area contributed by atoms with Crippen LogP contribution in [-0.2, 0) is 6.61 Å². The minimum absolute atomic E-state index is 0.0453. The smallest absolute Gasteiger partial charge is 0.137 e. The summed E-state index contributed by atoms with van der Waals surface area (Å²) in [5.41, 5.74) is 6.55. The molecule has 0 amide bonds. The first-order valence-electron chi connectivity index (χ1n) is 7.96. The van der Waals surface area contributed by atoms with Crippen LogP contribution < -0.4 is 0 Å². The first kappa shape index (κ1) is 15.1. The predicted molar refractivity (Wildman–Crippen MR) is 96.7 cm³/mol. The number of nitriles is 1. The van der Waals surface area contributed by atoms with E-state index >= 15 is 0 Å². The van der Waals surface area contributed by atoms with Gasteiger partial charge in [-0.3, -0.25) is 4.40 Å². The number of hydrogen-bond acceptors (Lipinski definition) is 3. The van der Waals surface area contributed by atoms with Crippen molar-refractivity contribution in [2.45, 2.75) is 6.61 Å². The molecule has 4 heteroatoms. The van der Waals surface area contributed by atoms with Gasteiger partial charge in [0.15, 0.2) is 0 Å². The molecule has 0 spiro atoms. The Labute approximate surface area is 145 Å². The third-order valence-corrected chi connectivity index (χ3v) is 4.29. The average Bonchev–Trinajstić information content (AvgIpc) is 3.11. The van der Waals surface area contributed by atoms with Gasteiger partial charge in [-0.25, -0.2) is 4.98 Å². The highest BCUT2D eigenvalue weighted by atomic mass is 16.3. The van der Waals surface area contributed by atoms with Crippen LogP contribution >= 0.6 is 0 Å². The maximum absolute atomic E-state index is 9.18. The Hall–Kier alpha value is -3.42. The lowest BCUT2D eigenvalue weighted by molar-refractivity contribution is 0.282. The molecule has 0 saturated heterocycles. The van der Waals surface area contributed by atoms with Gasteiger partial charge in [0.1, 0.15) is 5.65 Å². The van der Waals surface area contributed by atoms with Gasteiger partial charge in [-0.05, 0) is 41.0 Å². The SMILES string of the molecule is N#Cc1ccc(-c2cnc3ccc(-c4ccc(CO)cc4)cn23)cc1. The van der Waals surface area contributed by atoms with E-state index in [4.69, 9.17) is 5.26 Å². The van der Waals surface area contributed by atoms with Gasteiger partial charge in [0.2, 0.25) is 0 Å². The number of fused-ring (bicyclic) bond motifs is 1. The molecule has 0 saturated carbocycles. The fraction of sp³-hybridized carbons (Fsp3) is 0.0476. The van der Waals surface area contributed by atoms with E-state index in [0.29, 0.717) is 5.56 Å². The average molecular weight is 325 g/mol. The maximum atomic E-state index is 9.18. The van der Waals surface area contributed by atoms with E-state index in [2.05, 4.69) is 21.7 Å². The lowest BCUT2D eigenvalue weighted by Crippen LogP contribution is -1.91. The zero-order chi connectivity index (χ0) is 17.2. The van der Waals surface area contributed by atoms with Crippen LogP contribution in [0, 0.1) is 11.3 Å². The van der Waals surface area contributed by atoms with E-state index in [-0.39, 0.29) is 6.61 Å². The van der Waals surface area contributed by atoms with E-state index in [0.717, 1.165) is 33.6 Å². The molecule has 0 aliphatic carbocycles. The second-order valence-electron chi connectivity index (χ2n) is 5.83. The fourth-order valence-corrected chi connectivity index (χ4v) is 2.88. The monoisotopic (exact) mass is 325 g/mol. The number of nitrogens with zero attached hydrogens (tertiary/aromatic N) is 3. The molecular formula is C21H15N3O. The number of rotatable bonds is 3. The normalized spacial score (nSPS) is 10.7. The van der Waals surface area contributed by atoms with Crippen LogP contribution in [0.1, 0.15) is 11.1 Å². The molecule has 0 aliphatic rings. The van der Waals surface area contributed by atoms with Crippen molar-refractivity contribution in [1.82, 2.24) is 9.38 Å². The van der Waals surface area contributed by atoms with Crippen LogP contribution in [0.3, 0.4) is 0 Å². The molecule has 120 valence electrons. The molecule has 25 heavy (non-hydrogen) atoms. The number of pyridine rings is 1. The quantitative estimate of drug-likeness (QED) is 0.618. The summed E-state index contributed by atoms with van der Waals surface area (Å²) < 4.78 is 2.05. The molecule has 1 N–H and O–H groups in total. The van der Waals surface area contributed by atoms with Gasteiger partial charge < -0.3 is 5.11 Å². The van der Waals surface area contributed by atoms with Crippen LogP contribution in [-0.4, -0.2) is 14.5 Å². The van der Waals surface area contributed by atoms with Crippen LogP contribution in [0.5, 0.6) is 0 Å². The first-order valence-corrected chi connectivity index (χ1v) is 7.96. The van der Waals surface area contributed by atoms with Crippen molar-refractivity contribution in [1.29, 1.82) is 5.26 Å². The number of hydrogen-bond donors (Lipinski definition) is 1. The maximum Gasteiger partial charge on any atom is 0.137 e. The van der Waals surface area contributed by atoms with Gasteiger partial charge in [0, 0.05) is 11.8 Å². The minimum atomic E-state index is 0.0453. The Morgan fingerprint density at radius 3 is 2.24 bits per heavy atom. The largest absolute Gasteiger partial charge is 0.392 e. The third kappa shape index (κ3) is 2.78. The zero-order valence-electron chi connectivity index (χ0n) is 13.4. The van der Waals surface area contributed by atoms with E-state index in [1.54, 1.807) is 0 Å². The van der Waals surface area contributed by atoms with Gasteiger partial charge >= 0.3 is 0 Å². The Bertz CT molecular complexity index is 1070. The molecule has 4 nitrogen and oxygen atoms in total. The minimum Gasteiger partial charge on any atom is -0.392 e. The van der Waals surface area contributed by atoms with Crippen molar-refractivity contribution >= 4 is 5.65 Å². The molecule has 2 heterocycles. The topological polar surface area (TPSA) is 61.3 Å². The van der Waals surface area contributed by atoms with Crippen LogP contribution in [0.4, 0.5) is 0 Å². The Morgan fingerprint density at radius 2 is 1.56 bits per heavy atom. The van der Waals surface area contributed by atoms with Crippen molar-refractivity contribution in [3.05, 3.63) is 84.2 Å². The molecule has 0 atom stereocenters. The summed E-state index contributed by atoms with van der Waals surface area (Å²) in [6.45, 7) is 0.0453. The Kier molecular flexibility index (Phi) is 3.77. The fourth-order valence-electron chi connectivity index (χ4n) is 2.88. The van der Waals surface area contributed by atoms with Gasteiger partial charge in [-0.1, -0.05) is 36.4 Å². The highest BCUT2D eigenvalue weighted by Gasteiger charge is 2.08. The van der Waals surface area contributed by atoms with E-state index in [1.165, 1.54) is 0 Å². The van der Waals surface area contributed by atoms with E-state index < -0.39 is 0 Å². The summed E-state index contributed by atoms with van der Waals surface area (Å²) in [5.74, 6) is 0. The molecule has 2 aromatic heterocycles. The van der Waals surface area contributed by atoms with Crippen molar-refractivity contribution in [3.8, 4) is 28.5 Å². The highest BCUT2D eigenvalue weighted by Crippen LogP contribution is 2.25. The van der Waals surface area contributed by atoms with Crippen molar-refractivity contribution in [2.75, 3.05) is 0 Å². The van der Waals surface area contributed by atoms with Crippen molar-refractivity contribution < 1.29 is 5.11 Å². The summed E-state index contributed by atoms with van der Waals surface area (Å²) in [6.07, 6.45) is 3.90. The van der Waals surface area contributed by atoms with E-state index in [1.807, 2.05) is 66.9 Å². The molecule has 0 bridgehead atoms. The predicted octanol–water partition coefficient (Wildman–Crippen LogP) is 4.03.